The quantitative estimate of drug-likeness (QED) is 0.566. The SMILES string of the molecule is COC1CCN(S(=O)(=O)c2ccc(CNC(=O)c3cnc(N)c(C=N)c3)cc2)CC1. The number of nitrogens with two attached hydrogens (primary N) is 1. The number of aromatic nitrogens is 1. The number of nitrogen functional groups attached to an aromatic ring is 1. The lowest BCUT2D eigenvalue weighted by atomic mass is 10.1. The molecule has 2 heterocycles. The number of hydrogen-bond donors (Lipinski definition) is 3. The average Bonchev–Trinajstić information content (AvgIpc) is 2.78. The van der Waals surface area contributed by atoms with E-state index in [2.05, 4.69) is 10.3 Å². The smallest absolute Gasteiger partial charge is 0.253 e. The van der Waals surface area contributed by atoms with Gasteiger partial charge in [-0.25, -0.2) is 13.4 Å². The number of ether oxygens (including phenoxy) is 1. The summed E-state index contributed by atoms with van der Waals surface area (Å²) in [5, 5.41) is 10.0. The molecule has 1 saturated heterocycles. The number of amides is 1. The molecule has 1 aromatic carbocycles. The Morgan fingerprint density at radius 2 is 2.00 bits per heavy atom. The van der Waals surface area contributed by atoms with Crippen molar-refractivity contribution in [2.45, 2.75) is 30.4 Å². The fraction of sp³-hybridized carbons (Fsp3) is 0.350. The fourth-order valence-electron chi connectivity index (χ4n) is 3.25. The van der Waals surface area contributed by atoms with E-state index >= 15 is 0 Å². The van der Waals surface area contributed by atoms with Crippen LogP contribution < -0.4 is 11.1 Å². The molecule has 9 nitrogen and oxygen atoms in total. The van der Waals surface area contributed by atoms with Crippen LogP contribution in [0.4, 0.5) is 5.82 Å². The third-order valence-electron chi connectivity index (χ3n) is 5.12. The lowest BCUT2D eigenvalue weighted by molar-refractivity contribution is 0.0604. The van der Waals surface area contributed by atoms with E-state index in [9.17, 15) is 13.2 Å². The molecule has 0 bridgehead atoms. The van der Waals surface area contributed by atoms with Gasteiger partial charge in [-0.3, -0.25) is 4.79 Å². The molecule has 3 rings (SSSR count). The number of hydrogen-bond acceptors (Lipinski definition) is 7. The van der Waals surface area contributed by atoms with Gasteiger partial charge in [-0.2, -0.15) is 4.31 Å². The summed E-state index contributed by atoms with van der Waals surface area (Å²) in [4.78, 5) is 16.4. The maximum absolute atomic E-state index is 12.8. The normalized spacial score (nSPS) is 15.6. The Morgan fingerprint density at radius 1 is 1.33 bits per heavy atom. The molecule has 160 valence electrons. The van der Waals surface area contributed by atoms with E-state index in [-0.39, 0.29) is 29.3 Å². The van der Waals surface area contributed by atoms with Gasteiger partial charge in [0, 0.05) is 44.7 Å². The summed E-state index contributed by atoms with van der Waals surface area (Å²) in [6.45, 7) is 1.10. The zero-order valence-electron chi connectivity index (χ0n) is 16.7. The first kappa shape index (κ1) is 21.9. The molecular formula is C20H25N5O4S. The summed E-state index contributed by atoms with van der Waals surface area (Å²) < 4.78 is 32.4. The minimum Gasteiger partial charge on any atom is -0.383 e. The largest absolute Gasteiger partial charge is 0.383 e. The maximum Gasteiger partial charge on any atom is 0.253 e. The van der Waals surface area contributed by atoms with Crippen LogP contribution >= 0.6 is 0 Å². The third-order valence-corrected chi connectivity index (χ3v) is 7.03. The van der Waals surface area contributed by atoms with Gasteiger partial charge in [0.25, 0.3) is 5.91 Å². The molecule has 0 aliphatic carbocycles. The van der Waals surface area contributed by atoms with Gasteiger partial charge < -0.3 is 21.2 Å². The van der Waals surface area contributed by atoms with Crippen LogP contribution in [0.15, 0.2) is 41.4 Å². The van der Waals surface area contributed by atoms with Crippen LogP contribution in [-0.4, -0.2) is 56.1 Å². The first-order chi connectivity index (χ1) is 14.3. The molecule has 1 aliphatic rings. The van der Waals surface area contributed by atoms with Gasteiger partial charge in [0.05, 0.1) is 16.6 Å². The number of methoxy groups -OCH3 is 1. The first-order valence-electron chi connectivity index (χ1n) is 9.51. The molecule has 2 aromatic rings. The molecule has 0 saturated carbocycles. The Morgan fingerprint density at radius 3 is 2.60 bits per heavy atom. The van der Waals surface area contributed by atoms with Gasteiger partial charge in [-0.15, -0.1) is 0 Å². The summed E-state index contributed by atoms with van der Waals surface area (Å²) in [6.07, 6.45) is 3.85. The number of pyridine rings is 1. The second-order valence-electron chi connectivity index (χ2n) is 7.01. The van der Waals surface area contributed by atoms with Crippen molar-refractivity contribution >= 4 is 28.0 Å². The van der Waals surface area contributed by atoms with Gasteiger partial charge in [-0.05, 0) is 36.6 Å². The van der Waals surface area contributed by atoms with Crippen molar-refractivity contribution in [1.29, 1.82) is 5.41 Å². The highest BCUT2D eigenvalue weighted by Gasteiger charge is 2.29. The number of piperidine rings is 1. The summed E-state index contributed by atoms with van der Waals surface area (Å²) in [5.74, 6) is -0.173. The number of anilines is 1. The monoisotopic (exact) mass is 431 g/mol. The van der Waals surface area contributed by atoms with Gasteiger partial charge in [-0.1, -0.05) is 12.1 Å². The minimum absolute atomic E-state index is 0.105. The van der Waals surface area contributed by atoms with Crippen LogP contribution in [-0.2, 0) is 21.3 Å². The van der Waals surface area contributed by atoms with Gasteiger partial charge in [0.2, 0.25) is 10.0 Å². The first-order valence-corrected chi connectivity index (χ1v) is 10.9. The Hall–Kier alpha value is -2.82. The van der Waals surface area contributed by atoms with Crippen molar-refractivity contribution in [1.82, 2.24) is 14.6 Å². The van der Waals surface area contributed by atoms with Crippen molar-refractivity contribution in [2.24, 2.45) is 0 Å². The zero-order valence-corrected chi connectivity index (χ0v) is 17.5. The van der Waals surface area contributed by atoms with Crippen LogP contribution in [0.25, 0.3) is 0 Å². The van der Waals surface area contributed by atoms with Gasteiger partial charge >= 0.3 is 0 Å². The molecule has 1 fully saturated rings. The topological polar surface area (TPSA) is 138 Å². The van der Waals surface area contributed by atoms with E-state index < -0.39 is 10.0 Å². The lowest BCUT2D eigenvalue weighted by Gasteiger charge is -2.30. The maximum atomic E-state index is 12.8. The lowest BCUT2D eigenvalue weighted by Crippen LogP contribution is -2.40. The Labute approximate surface area is 175 Å². The van der Waals surface area contributed by atoms with Crippen molar-refractivity contribution in [3.63, 3.8) is 0 Å². The number of sulfonamides is 1. The summed E-state index contributed by atoms with van der Waals surface area (Å²) in [6, 6.07) is 7.96. The second-order valence-corrected chi connectivity index (χ2v) is 8.95. The van der Waals surface area contributed by atoms with Crippen molar-refractivity contribution in [3.05, 3.63) is 53.2 Å². The van der Waals surface area contributed by atoms with E-state index in [0.717, 1.165) is 11.8 Å². The van der Waals surface area contributed by atoms with Crippen molar-refractivity contribution in [2.75, 3.05) is 25.9 Å². The van der Waals surface area contributed by atoms with E-state index in [1.807, 2.05) is 0 Å². The van der Waals surface area contributed by atoms with Crippen LogP contribution in [0.2, 0.25) is 0 Å². The predicted octanol–water partition coefficient (Wildman–Crippen LogP) is 1.39. The van der Waals surface area contributed by atoms with Crippen LogP contribution in [0.3, 0.4) is 0 Å². The molecule has 1 aromatic heterocycles. The fourth-order valence-corrected chi connectivity index (χ4v) is 4.72. The molecule has 0 unspecified atom stereocenters. The Kier molecular flexibility index (Phi) is 6.80. The highest BCUT2D eigenvalue weighted by molar-refractivity contribution is 7.89. The van der Waals surface area contributed by atoms with Crippen LogP contribution in [0.1, 0.15) is 34.3 Å². The number of nitrogens with zero attached hydrogens (tertiary/aromatic N) is 2. The van der Waals surface area contributed by atoms with Crippen molar-refractivity contribution < 1.29 is 17.9 Å². The summed E-state index contributed by atoms with van der Waals surface area (Å²) in [5.41, 5.74) is 7.05. The number of carbonyl (C=O) groups excluding carboxylic acids is 1. The molecule has 0 atom stereocenters. The Bertz CT molecular complexity index is 1020. The standard InChI is InChI=1S/C20H25N5O4S/c1-29-17-6-8-25(9-7-17)30(27,28)18-4-2-14(3-5-18)12-24-20(26)16-10-15(11-21)19(22)23-13-16/h2-5,10-11,13,17,21H,6-9,12H2,1H3,(H2,22,23)(H,24,26). The Balaban J connectivity index is 1.62. The molecule has 10 heteroatoms. The molecule has 1 amide bonds. The molecule has 30 heavy (non-hydrogen) atoms. The molecule has 1 aliphatic heterocycles. The van der Waals surface area contributed by atoms with E-state index in [4.69, 9.17) is 15.9 Å². The zero-order chi connectivity index (χ0) is 21.7. The highest BCUT2D eigenvalue weighted by Crippen LogP contribution is 2.22. The average molecular weight is 432 g/mol. The number of nitrogens with one attached hydrogen (secondary N) is 2. The van der Waals surface area contributed by atoms with Gasteiger partial charge in [0.15, 0.2) is 0 Å². The van der Waals surface area contributed by atoms with Gasteiger partial charge in [0.1, 0.15) is 5.82 Å². The van der Waals surface area contributed by atoms with E-state index in [1.54, 1.807) is 31.4 Å². The minimum atomic E-state index is -3.55. The summed E-state index contributed by atoms with van der Waals surface area (Å²) in [7, 11) is -1.91. The third kappa shape index (κ3) is 4.84. The second kappa shape index (κ2) is 9.33. The molecular weight excluding hydrogens is 406 g/mol. The number of benzene rings is 1. The van der Waals surface area contributed by atoms with Crippen LogP contribution in [0.5, 0.6) is 0 Å². The van der Waals surface area contributed by atoms with E-state index in [1.165, 1.54) is 16.6 Å². The predicted molar refractivity (Wildman–Crippen MR) is 113 cm³/mol. The summed E-state index contributed by atoms with van der Waals surface area (Å²) >= 11 is 0. The van der Waals surface area contributed by atoms with E-state index in [0.29, 0.717) is 37.1 Å². The van der Waals surface area contributed by atoms with Crippen LogP contribution in [0, 0.1) is 5.41 Å². The number of rotatable bonds is 7. The molecule has 0 spiro atoms. The number of carbonyl (C=O) groups is 1. The molecule has 4 N–H and O–H groups in total. The van der Waals surface area contributed by atoms with Crippen molar-refractivity contribution in [3.8, 4) is 0 Å². The molecule has 0 radical (unpaired) electrons. The highest BCUT2D eigenvalue weighted by atomic mass is 32.2.